The Hall–Kier alpha value is -3.13. The zero-order valence-corrected chi connectivity index (χ0v) is 19.1. The molecule has 4 rings (SSSR count). The van der Waals surface area contributed by atoms with Gasteiger partial charge in [-0.25, -0.2) is 4.98 Å². The maximum atomic E-state index is 4.27. The summed E-state index contributed by atoms with van der Waals surface area (Å²) in [6, 6.07) is 31.4. The second-order valence-electron chi connectivity index (χ2n) is 8.68. The molecule has 2 nitrogen and oxygen atoms in total. The van der Waals surface area contributed by atoms with Crippen LogP contribution < -0.4 is 0 Å². The molecule has 0 amide bonds. The molecule has 0 radical (unpaired) electrons. The fraction of sp³-hybridized carbons (Fsp3) is 0.300. The third-order valence-electron chi connectivity index (χ3n) is 6.39. The van der Waals surface area contributed by atoms with E-state index in [1.165, 1.54) is 47.9 Å². The van der Waals surface area contributed by atoms with Gasteiger partial charge < -0.3 is 4.57 Å². The van der Waals surface area contributed by atoms with E-state index in [-0.39, 0.29) is 0 Å². The van der Waals surface area contributed by atoms with E-state index in [1.807, 2.05) is 12.5 Å². The van der Waals surface area contributed by atoms with Gasteiger partial charge in [0, 0.05) is 18.3 Å². The number of aromatic nitrogens is 2. The highest BCUT2D eigenvalue weighted by Crippen LogP contribution is 2.30. The van der Waals surface area contributed by atoms with Gasteiger partial charge in [0.25, 0.3) is 0 Å². The topological polar surface area (TPSA) is 17.8 Å². The summed E-state index contributed by atoms with van der Waals surface area (Å²) < 4.78 is 2.24. The summed E-state index contributed by atoms with van der Waals surface area (Å²) in [7, 11) is 0. The van der Waals surface area contributed by atoms with Crippen molar-refractivity contribution in [2.24, 2.45) is 0 Å². The second kappa shape index (κ2) is 11.5. The quantitative estimate of drug-likeness (QED) is 0.225. The molecule has 32 heavy (non-hydrogen) atoms. The smallest absolute Gasteiger partial charge is 0.0951 e. The number of hydrogen-bond acceptors (Lipinski definition) is 1. The zero-order valence-electron chi connectivity index (χ0n) is 19.1. The first-order valence-corrected chi connectivity index (χ1v) is 12.0. The number of nitrogens with zero attached hydrogens (tertiary/aromatic N) is 2. The number of hydrogen-bond donors (Lipinski definition) is 0. The van der Waals surface area contributed by atoms with Crippen molar-refractivity contribution in [3.63, 3.8) is 0 Å². The van der Waals surface area contributed by atoms with E-state index in [1.54, 1.807) is 0 Å². The summed E-state index contributed by atoms with van der Waals surface area (Å²) in [6.07, 6.45) is 12.9. The van der Waals surface area contributed by atoms with E-state index in [0.29, 0.717) is 12.0 Å². The highest BCUT2D eigenvalue weighted by Gasteiger charge is 2.14. The molecule has 2 heteroatoms. The van der Waals surface area contributed by atoms with Gasteiger partial charge in [0.05, 0.1) is 12.4 Å². The van der Waals surface area contributed by atoms with Crippen LogP contribution in [-0.4, -0.2) is 9.55 Å². The number of imidazole rings is 1. The molecule has 2 atom stereocenters. The van der Waals surface area contributed by atoms with E-state index >= 15 is 0 Å². The van der Waals surface area contributed by atoms with Crippen LogP contribution in [0.4, 0.5) is 0 Å². The van der Waals surface area contributed by atoms with Crippen molar-refractivity contribution in [1.82, 2.24) is 9.55 Å². The van der Waals surface area contributed by atoms with Gasteiger partial charge in [-0.15, -0.1) is 0 Å². The van der Waals surface area contributed by atoms with E-state index in [4.69, 9.17) is 0 Å². The molecule has 0 saturated carbocycles. The first-order valence-electron chi connectivity index (χ1n) is 12.0. The molecular formula is C30H34N2. The zero-order chi connectivity index (χ0) is 22.0. The molecule has 0 aliphatic carbocycles. The fourth-order valence-corrected chi connectivity index (χ4v) is 4.75. The van der Waals surface area contributed by atoms with Crippen LogP contribution in [0.5, 0.6) is 0 Å². The summed E-state index contributed by atoms with van der Waals surface area (Å²) in [5, 5.41) is 0. The third-order valence-corrected chi connectivity index (χ3v) is 6.39. The highest BCUT2D eigenvalue weighted by molar-refractivity contribution is 5.35. The number of aryl methyl sites for hydroxylation is 1. The van der Waals surface area contributed by atoms with Crippen molar-refractivity contribution in [1.29, 1.82) is 0 Å². The molecule has 0 saturated heterocycles. The number of unbranched alkanes of at least 4 members (excludes halogenated alkanes) is 1. The highest BCUT2D eigenvalue weighted by atomic mass is 15.0. The SMILES string of the molecule is CCCC(c1ccccc1)c1cccc(CCCCC(c2ccccc2)n2ccnc2)c1. The lowest BCUT2D eigenvalue weighted by Crippen LogP contribution is -2.09. The average Bonchev–Trinajstić information content (AvgIpc) is 3.38. The predicted octanol–water partition coefficient (Wildman–Crippen LogP) is 7.82. The Bertz CT molecular complexity index is 1040. The minimum atomic E-state index is 0.358. The molecule has 0 fully saturated rings. The minimum Gasteiger partial charge on any atom is -0.330 e. The van der Waals surface area contributed by atoms with Crippen LogP contribution in [0.2, 0.25) is 0 Å². The molecule has 3 aromatic carbocycles. The molecule has 0 bridgehead atoms. The molecular weight excluding hydrogens is 388 g/mol. The summed E-state index contributed by atoms with van der Waals surface area (Å²) in [4.78, 5) is 4.27. The van der Waals surface area contributed by atoms with Crippen molar-refractivity contribution >= 4 is 0 Å². The Morgan fingerprint density at radius 3 is 2.16 bits per heavy atom. The van der Waals surface area contributed by atoms with Crippen molar-refractivity contribution in [3.05, 3.63) is 126 Å². The lowest BCUT2D eigenvalue weighted by Gasteiger charge is -2.19. The largest absolute Gasteiger partial charge is 0.330 e. The van der Waals surface area contributed by atoms with Gasteiger partial charge >= 0.3 is 0 Å². The first-order chi connectivity index (χ1) is 15.8. The lowest BCUT2D eigenvalue weighted by molar-refractivity contribution is 0.507. The summed E-state index contributed by atoms with van der Waals surface area (Å²) >= 11 is 0. The van der Waals surface area contributed by atoms with E-state index < -0.39 is 0 Å². The Balaban J connectivity index is 1.39. The molecule has 0 N–H and O–H groups in total. The molecule has 0 aliphatic rings. The van der Waals surface area contributed by atoms with Crippen LogP contribution in [-0.2, 0) is 6.42 Å². The lowest BCUT2D eigenvalue weighted by atomic mass is 9.86. The number of benzene rings is 3. The van der Waals surface area contributed by atoms with Crippen LogP contribution in [0.25, 0.3) is 0 Å². The maximum absolute atomic E-state index is 4.27. The van der Waals surface area contributed by atoms with Crippen LogP contribution in [0, 0.1) is 0 Å². The average molecular weight is 423 g/mol. The number of rotatable bonds is 11. The van der Waals surface area contributed by atoms with Crippen LogP contribution in [0.1, 0.15) is 73.2 Å². The Labute approximate surface area is 193 Å². The fourth-order valence-electron chi connectivity index (χ4n) is 4.75. The standard InChI is InChI=1S/C30H34N2/c1-2-12-29(26-15-5-3-6-16-26)28-19-11-14-25(23-28)13-9-10-20-30(32-22-21-31-24-32)27-17-7-4-8-18-27/h3-8,11,14-19,21-24,29-30H,2,9-10,12-13,20H2,1H3. The van der Waals surface area contributed by atoms with E-state index in [9.17, 15) is 0 Å². The van der Waals surface area contributed by atoms with Gasteiger partial charge in [-0.2, -0.15) is 0 Å². The molecule has 4 aromatic rings. The van der Waals surface area contributed by atoms with Gasteiger partial charge in [-0.3, -0.25) is 0 Å². The van der Waals surface area contributed by atoms with Gasteiger partial charge in [0.2, 0.25) is 0 Å². The summed E-state index contributed by atoms with van der Waals surface area (Å²) in [5.41, 5.74) is 5.70. The predicted molar refractivity (Wildman–Crippen MR) is 134 cm³/mol. The van der Waals surface area contributed by atoms with Gasteiger partial charge in [-0.05, 0) is 47.9 Å². The monoisotopic (exact) mass is 422 g/mol. The summed E-state index contributed by atoms with van der Waals surface area (Å²) in [6.45, 7) is 2.28. The molecule has 1 aromatic heterocycles. The van der Waals surface area contributed by atoms with Crippen molar-refractivity contribution in [2.45, 2.75) is 57.4 Å². The van der Waals surface area contributed by atoms with E-state index in [2.05, 4.69) is 108 Å². The van der Waals surface area contributed by atoms with Crippen molar-refractivity contribution in [3.8, 4) is 0 Å². The Morgan fingerprint density at radius 1 is 0.750 bits per heavy atom. The molecule has 164 valence electrons. The second-order valence-corrected chi connectivity index (χ2v) is 8.68. The molecule has 0 aliphatic heterocycles. The van der Waals surface area contributed by atoms with Crippen LogP contribution in [0.3, 0.4) is 0 Å². The van der Waals surface area contributed by atoms with Crippen molar-refractivity contribution < 1.29 is 0 Å². The van der Waals surface area contributed by atoms with Crippen LogP contribution in [0.15, 0.2) is 104 Å². The molecule has 1 heterocycles. The van der Waals surface area contributed by atoms with Crippen LogP contribution >= 0.6 is 0 Å². The van der Waals surface area contributed by atoms with Gasteiger partial charge in [0.15, 0.2) is 0 Å². The van der Waals surface area contributed by atoms with Gasteiger partial charge in [0.1, 0.15) is 0 Å². The van der Waals surface area contributed by atoms with E-state index in [0.717, 1.165) is 12.8 Å². The molecule has 2 unspecified atom stereocenters. The normalized spacial score (nSPS) is 13.0. The van der Waals surface area contributed by atoms with Crippen molar-refractivity contribution in [2.75, 3.05) is 0 Å². The third kappa shape index (κ3) is 5.76. The minimum absolute atomic E-state index is 0.358. The maximum Gasteiger partial charge on any atom is 0.0951 e. The molecule has 0 spiro atoms. The Morgan fingerprint density at radius 2 is 1.47 bits per heavy atom. The van der Waals surface area contributed by atoms with Gasteiger partial charge in [-0.1, -0.05) is 105 Å². The first kappa shape index (κ1) is 22.1. The Kier molecular flexibility index (Phi) is 7.92. The summed E-state index contributed by atoms with van der Waals surface area (Å²) in [5.74, 6) is 0.491.